The third-order valence-corrected chi connectivity index (χ3v) is 6.77. The second kappa shape index (κ2) is 9.90. The van der Waals surface area contributed by atoms with Gasteiger partial charge in [-0.25, -0.2) is 17.6 Å². The van der Waals surface area contributed by atoms with Crippen LogP contribution in [-0.4, -0.2) is 63.0 Å². The fraction of sp³-hybridized carbons (Fsp3) is 0.381. The summed E-state index contributed by atoms with van der Waals surface area (Å²) < 4.78 is 46.0. The Morgan fingerprint density at radius 1 is 1.10 bits per heavy atom. The molecular formula is C21H26FN3O4S. The zero-order valence-electron chi connectivity index (χ0n) is 16.9. The van der Waals surface area contributed by atoms with Crippen molar-refractivity contribution in [3.8, 4) is 5.75 Å². The summed E-state index contributed by atoms with van der Waals surface area (Å²) in [7, 11) is -3.91. The maximum atomic E-state index is 13.9. The lowest BCUT2D eigenvalue weighted by Gasteiger charge is -2.34. The van der Waals surface area contributed by atoms with E-state index in [4.69, 9.17) is 4.74 Å². The van der Waals surface area contributed by atoms with E-state index in [1.54, 1.807) is 4.90 Å². The number of hydrogen-bond donors (Lipinski definition) is 1. The highest BCUT2D eigenvalue weighted by Gasteiger charge is 2.31. The molecule has 0 aromatic heterocycles. The van der Waals surface area contributed by atoms with E-state index in [1.165, 1.54) is 22.5 Å². The summed E-state index contributed by atoms with van der Waals surface area (Å²) in [5.41, 5.74) is 1.12. The Kier molecular flexibility index (Phi) is 7.28. The number of carbonyl (C=O) groups is 1. The molecule has 1 fully saturated rings. The minimum absolute atomic E-state index is 0.126. The highest BCUT2D eigenvalue weighted by atomic mass is 32.2. The first-order chi connectivity index (χ1) is 14.4. The van der Waals surface area contributed by atoms with Crippen LogP contribution in [0.2, 0.25) is 0 Å². The summed E-state index contributed by atoms with van der Waals surface area (Å²) in [6.45, 7) is 3.69. The second-order valence-electron chi connectivity index (χ2n) is 7.07. The normalized spacial score (nSPS) is 15.1. The molecule has 1 saturated heterocycles. The molecule has 0 aliphatic carbocycles. The lowest BCUT2D eigenvalue weighted by atomic mass is 10.2. The minimum atomic E-state index is -3.91. The fourth-order valence-electron chi connectivity index (χ4n) is 3.20. The molecule has 2 aromatic carbocycles. The number of piperazine rings is 1. The number of nitrogens with one attached hydrogen (secondary N) is 1. The Morgan fingerprint density at radius 3 is 2.53 bits per heavy atom. The van der Waals surface area contributed by atoms with E-state index in [0.29, 0.717) is 19.6 Å². The number of urea groups is 1. The fourth-order valence-corrected chi connectivity index (χ4v) is 4.69. The van der Waals surface area contributed by atoms with Crippen LogP contribution in [-0.2, 0) is 10.0 Å². The zero-order valence-corrected chi connectivity index (χ0v) is 17.7. The van der Waals surface area contributed by atoms with Crippen molar-refractivity contribution < 1.29 is 22.3 Å². The molecule has 0 saturated carbocycles. The number of hydrogen-bond acceptors (Lipinski definition) is 4. The van der Waals surface area contributed by atoms with Crippen LogP contribution in [0.4, 0.5) is 9.18 Å². The van der Waals surface area contributed by atoms with E-state index < -0.39 is 15.8 Å². The first kappa shape index (κ1) is 22.0. The summed E-state index contributed by atoms with van der Waals surface area (Å²) in [5, 5.41) is 2.82. The molecule has 3 rings (SSSR count). The van der Waals surface area contributed by atoms with Crippen molar-refractivity contribution in [2.45, 2.75) is 18.2 Å². The van der Waals surface area contributed by atoms with Crippen LogP contribution >= 0.6 is 0 Å². The molecule has 1 aliphatic rings. The van der Waals surface area contributed by atoms with Gasteiger partial charge >= 0.3 is 6.03 Å². The van der Waals surface area contributed by atoms with Gasteiger partial charge in [0.2, 0.25) is 10.0 Å². The SMILES string of the molecule is Cc1cccc(OCCCNC(=O)N2CCN(S(=O)(=O)c3ccccc3F)CC2)c1. The van der Waals surface area contributed by atoms with Gasteiger partial charge in [0.1, 0.15) is 16.5 Å². The van der Waals surface area contributed by atoms with E-state index in [9.17, 15) is 17.6 Å². The third kappa shape index (κ3) is 5.48. The second-order valence-corrected chi connectivity index (χ2v) is 8.98. The van der Waals surface area contributed by atoms with Crippen molar-refractivity contribution in [2.24, 2.45) is 0 Å². The molecule has 0 radical (unpaired) electrons. The Bertz CT molecular complexity index is 976. The average molecular weight is 436 g/mol. The van der Waals surface area contributed by atoms with Crippen LogP contribution in [0.3, 0.4) is 0 Å². The molecule has 30 heavy (non-hydrogen) atoms. The van der Waals surface area contributed by atoms with Gasteiger partial charge in [0.25, 0.3) is 0 Å². The summed E-state index contributed by atoms with van der Waals surface area (Å²) in [4.78, 5) is 13.5. The molecule has 0 atom stereocenters. The van der Waals surface area contributed by atoms with Crippen molar-refractivity contribution in [2.75, 3.05) is 39.3 Å². The molecule has 1 N–H and O–H groups in total. The van der Waals surface area contributed by atoms with Crippen molar-refractivity contribution in [3.63, 3.8) is 0 Å². The third-order valence-electron chi connectivity index (χ3n) is 4.84. The number of sulfonamides is 1. The number of nitrogens with zero attached hydrogens (tertiary/aromatic N) is 2. The Hall–Kier alpha value is -2.65. The molecule has 1 heterocycles. The molecule has 9 heteroatoms. The molecule has 162 valence electrons. The maximum Gasteiger partial charge on any atom is 0.317 e. The Morgan fingerprint density at radius 2 is 1.83 bits per heavy atom. The van der Waals surface area contributed by atoms with E-state index in [2.05, 4.69) is 5.32 Å². The molecule has 7 nitrogen and oxygen atoms in total. The standard InChI is InChI=1S/C21H26FN3O4S/c1-17-6-4-7-18(16-17)29-15-5-10-23-21(26)24-11-13-25(14-12-24)30(27,28)20-9-3-2-8-19(20)22/h2-4,6-9,16H,5,10-15H2,1H3,(H,23,26). The lowest BCUT2D eigenvalue weighted by molar-refractivity contribution is 0.171. The molecule has 0 spiro atoms. The molecule has 1 aliphatic heterocycles. The summed E-state index contributed by atoms with van der Waals surface area (Å²) in [5.74, 6) is 0.0269. The van der Waals surface area contributed by atoms with Crippen LogP contribution in [0.15, 0.2) is 53.4 Å². The van der Waals surface area contributed by atoms with Crippen molar-refractivity contribution in [1.29, 1.82) is 0 Å². The van der Waals surface area contributed by atoms with Crippen LogP contribution in [0.1, 0.15) is 12.0 Å². The van der Waals surface area contributed by atoms with E-state index >= 15 is 0 Å². The van der Waals surface area contributed by atoms with E-state index in [0.717, 1.165) is 17.4 Å². The number of halogens is 1. The van der Waals surface area contributed by atoms with Gasteiger partial charge in [0, 0.05) is 32.7 Å². The largest absolute Gasteiger partial charge is 0.494 e. The van der Waals surface area contributed by atoms with Gasteiger partial charge in [-0.2, -0.15) is 4.31 Å². The van der Waals surface area contributed by atoms with Crippen molar-refractivity contribution in [1.82, 2.24) is 14.5 Å². The van der Waals surface area contributed by atoms with Gasteiger partial charge in [-0.3, -0.25) is 0 Å². The smallest absolute Gasteiger partial charge is 0.317 e. The average Bonchev–Trinajstić information content (AvgIpc) is 2.73. The number of ether oxygens (including phenoxy) is 1. The lowest BCUT2D eigenvalue weighted by Crippen LogP contribution is -2.53. The monoisotopic (exact) mass is 435 g/mol. The summed E-state index contributed by atoms with van der Waals surface area (Å²) >= 11 is 0. The Labute approximate surface area is 176 Å². The summed E-state index contributed by atoms with van der Waals surface area (Å²) in [6.07, 6.45) is 0.654. The number of benzene rings is 2. The molecule has 2 amide bonds. The van der Waals surface area contributed by atoms with E-state index in [-0.39, 0.29) is 37.1 Å². The van der Waals surface area contributed by atoms with Crippen molar-refractivity contribution >= 4 is 16.1 Å². The quantitative estimate of drug-likeness (QED) is 0.678. The van der Waals surface area contributed by atoms with Crippen LogP contribution in [0, 0.1) is 12.7 Å². The van der Waals surface area contributed by atoms with Gasteiger partial charge in [-0.1, -0.05) is 24.3 Å². The van der Waals surface area contributed by atoms with Gasteiger partial charge in [-0.15, -0.1) is 0 Å². The maximum absolute atomic E-state index is 13.9. The van der Waals surface area contributed by atoms with Gasteiger partial charge in [-0.05, 0) is 43.2 Å². The molecular weight excluding hydrogens is 409 g/mol. The summed E-state index contributed by atoms with van der Waals surface area (Å²) in [6, 6.07) is 12.8. The number of rotatable bonds is 7. The van der Waals surface area contributed by atoms with Gasteiger partial charge < -0.3 is 15.0 Å². The van der Waals surface area contributed by atoms with Crippen molar-refractivity contribution in [3.05, 3.63) is 59.9 Å². The van der Waals surface area contributed by atoms with Gasteiger partial charge in [0.05, 0.1) is 6.61 Å². The number of carbonyl (C=O) groups excluding carboxylic acids is 1. The van der Waals surface area contributed by atoms with Crippen LogP contribution in [0.5, 0.6) is 5.75 Å². The number of aryl methyl sites for hydroxylation is 1. The van der Waals surface area contributed by atoms with Crippen LogP contribution in [0.25, 0.3) is 0 Å². The predicted octanol–water partition coefficient (Wildman–Crippen LogP) is 2.62. The molecule has 0 bridgehead atoms. The number of amides is 2. The first-order valence-electron chi connectivity index (χ1n) is 9.85. The highest BCUT2D eigenvalue weighted by Crippen LogP contribution is 2.20. The van der Waals surface area contributed by atoms with Gasteiger partial charge in [0.15, 0.2) is 0 Å². The predicted molar refractivity (Wildman–Crippen MR) is 111 cm³/mol. The minimum Gasteiger partial charge on any atom is -0.494 e. The highest BCUT2D eigenvalue weighted by molar-refractivity contribution is 7.89. The molecule has 0 unspecified atom stereocenters. The zero-order chi connectivity index (χ0) is 21.6. The topological polar surface area (TPSA) is 79.0 Å². The molecule has 2 aromatic rings. The van der Waals surface area contributed by atoms with Crippen LogP contribution < -0.4 is 10.1 Å². The van der Waals surface area contributed by atoms with E-state index in [1.807, 2.05) is 31.2 Å². The first-order valence-corrected chi connectivity index (χ1v) is 11.3. The Balaban J connectivity index is 1.40.